The van der Waals surface area contributed by atoms with E-state index < -0.39 is 0 Å². The first kappa shape index (κ1) is 9.24. The highest BCUT2D eigenvalue weighted by molar-refractivity contribution is 5.91. The van der Waals surface area contributed by atoms with Crippen molar-refractivity contribution in [3.8, 4) is 0 Å². The largest absolute Gasteiger partial charge is 0.428 e. The Morgan fingerprint density at radius 2 is 2.21 bits per heavy atom. The number of oxazole rings is 1. The number of hydrogen-bond acceptors (Lipinski definition) is 3. The predicted molar refractivity (Wildman–Crippen MR) is 51.7 cm³/mol. The Morgan fingerprint density at radius 3 is 2.86 bits per heavy atom. The molecule has 1 heterocycles. The first-order valence-electron chi connectivity index (χ1n) is 5.05. The van der Waals surface area contributed by atoms with Gasteiger partial charge in [0.05, 0.1) is 6.20 Å². The van der Waals surface area contributed by atoms with Gasteiger partial charge in [-0.3, -0.25) is 10.1 Å². The van der Waals surface area contributed by atoms with Gasteiger partial charge in [0, 0.05) is 5.92 Å². The molecule has 0 unspecified atom stereocenters. The van der Waals surface area contributed by atoms with Gasteiger partial charge in [-0.1, -0.05) is 19.3 Å². The summed E-state index contributed by atoms with van der Waals surface area (Å²) in [7, 11) is 0. The van der Waals surface area contributed by atoms with Crippen molar-refractivity contribution in [3.63, 3.8) is 0 Å². The molecule has 0 saturated heterocycles. The van der Waals surface area contributed by atoms with Gasteiger partial charge in [-0.05, 0) is 12.8 Å². The third-order valence-electron chi connectivity index (χ3n) is 2.65. The van der Waals surface area contributed by atoms with Crippen LogP contribution in [0.3, 0.4) is 0 Å². The molecule has 1 aromatic rings. The molecule has 0 aromatic carbocycles. The van der Waals surface area contributed by atoms with Crippen LogP contribution in [0.25, 0.3) is 0 Å². The minimum Gasteiger partial charge on any atom is -0.428 e. The van der Waals surface area contributed by atoms with E-state index in [1.807, 2.05) is 0 Å². The summed E-state index contributed by atoms with van der Waals surface area (Å²) >= 11 is 0. The summed E-state index contributed by atoms with van der Waals surface area (Å²) in [6, 6.07) is 0. The van der Waals surface area contributed by atoms with Crippen molar-refractivity contribution in [1.29, 1.82) is 0 Å². The van der Waals surface area contributed by atoms with Gasteiger partial charge in [0.15, 0.2) is 6.39 Å². The summed E-state index contributed by atoms with van der Waals surface area (Å²) in [5.74, 6) is 0.677. The van der Waals surface area contributed by atoms with Gasteiger partial charge >= 0.3 is 0 Å². The SMILES string of the molecule is O=C(Nc1cnco1)C1CCCCC1. The fraction of sp³-hybridized carbons (Fsp3) is 0.600. The van der Waals surface area contributed by atoms with Crippen molar-refractivity contribution in [3.05, 3.63) is 12.6 Å². The number of nitrogens with one attached hydrogen (secondary N) is 1. The van der Waals surface area contributed by atoms with E-state index in [-0.39, 0.29) is 11.8 Å². The van der Waals surface area contributed by atoms with Crippen molar-refractivity contribution in [2.75, 3.05) is 5.32 Å². The molecule has 1 aliphatic rings. The summed E-state index contributed by atoms with van der Waals surface area (Å²) in [5.41, 5.74) is 0. The molecular formula is C10H14N2O2. The zero-order valence-electron chi connectivity index (χ0n) is 8.03. The fourth-order valence-corrected chi connectivity index (χ4v) is 1.87. The average molecular weight is 194 g/mol. The minimum absolute atomic E-state index is 0.0708. The number of aromatic nitrogens is 1. The summed E-state index contributed by atoms with van der Waals surface area (Å²) in [6.45, 7) is 0. The topological polar surface area (TPSA) is 55.1 Å². The highest BCUT2D eigenvalue weighted by atomic mass is 16.4. The lowest BCUT2D eigenvalue weighted by Crippen LogP contribution is -2.24. The van der Waals surface area contributed by atoms with Crippen LogP contribution in [0.15, 0.2) is 17.0 Å². The molecule has 76 valence electrons. The van der Waals surface area contributed by atoms with Crippen LogP contribution in [-0.2, 0) is 4.79 Å². The van der Waals surface area contributed by atoms with E-state index in [1.54, 1.807) is 0 Å². The van der Waals surface area contributed by atoms with Crippen LogP contribution in [0, 0.1) is 5.92 Å². The molecular weight excluding hydrogens is 180 g/mol. The van der Waals surface area contributed by atoms with Crippen molar-refractivity contribution in [1.82, 2.24) is 4.98 Å². The Morgan fingerprint density at radius 1 is 1.43 bits per heavy atom. The highest BCUT2D eigenvalue weighted by Gasteiger charge is 2.21. The Hall–Kier alpha value is -1.32. The third kappa shape index (κ3) is 2.13. The van der Waals surface area contributed by atoms with E-state index in [9.17, 15) is 4.79 Å². The fourth-order valence-electron chi connectivity index (χ4n) is 1.87. The molecule has 0 radical (unpaired) electrons. The first-order valence-corrected chi connectivity index (χ1v) is 5.05. The second-order valence-corrected chi connectivity index (χ2v) is 3.69. The lowest BCUT2D eigenvalue weighted by atomic mass is 9.89. The van der Waals surface area contributed by atoms with Crippen molar-refractivity contribution in [2.45, 2.75) is 32.1 Å². The van der Waals surface area contributed by atoms with E-state index >= 15 is 0 Å². The van der Waals surface area contributed by atoms with Gasteiger partial charge in [-0.25, -0.2) is 4.98 Å². The van der Waals surface area contributed by atoms with Gasteiger partial charge in [0.1, 0.15) is 0 Å². The van der Waals surface area contributed by atoms with Crippen molar-refractivity contribution in [2.24, 2.45) is 5.92 Å². The molecule has 1 aromatic heterocycles. The van der Waals surface area contributed by atoms with E-state index in [4.69, 9.17) is 4.42 Å². The van der Waals surface area contributed by atoms with Crippen LogP contribution >= 0.6 is 0 Å². The number of rotatable bonds is 2. The minimum atomic E-state index is 0.0708. The van der Waals surface area contributed by atoms with Crippen molar-refractivity contribution >= 4 is 11.8 Å². The molecule has 14 heavy (non-hydrogen) atoms. The Labute approximate surface area is 82.7 Å². The smallest absolute Gasteiger partial charge is 0.229 e. The van der Waals surface area contributed by atoms with Gasteiger partial charge in [-0.2, -0.15) is 0 Å². The monoisotopic (exact) mass is 194 g/mol. The molecule has 0 bridgehead atoms. The van der Waals surface area contributed by atoms with Gasteiger partial charge in [-0.15, -0.1) is 0 Å². The predicted octanol–water partition coefficient (Wildman–Crippen LogP) is 2.19. The summed E-state index contributed by atoms with van der Waals surface area (Å²) in [4.78, 5) is 15.4. The van der Waals surface area contributed by atoms with Crippen molar-refractivity contribution < 1.29 is 9.21 Å². The molecule has 1 fully saturated rings. The zero-order chi connectivity index (χ0) is 9.80. The van der Waals surface area contributed by atoms with Crippen LogP contribution in [0.5, 0.6) is 0 Å². The molecule has 4 heteroatoms. The molecule has 1 aliphatic carbocycles. The van der Waals surface area contributed by atoms with Gasteiger partial charge < -0.3 is 4.42 Å². The number of amides is 1. The maximum atomic E-state index is 11.7. The molecule has 4 nitrogen and oxygen atoms in total. The number of carbonyl (C=O) groups excluding carboxylic acids is 1. The Bertz CT molecular complexity index is 289. The Balaban J connectivity index is 1.88. The normalized spacial score (nSPS) is 18.0. The zero-order valence-corrected chi connectivity index (χ0v) is 8.03. The quantitative estimate of drug-likeness (QED) is 0.785. The third-order valence-corrected chi connectivity index (χ3v) is 2.65. The summed E-state index contributed by atoms with van der Waals surface area (Å²) in [5, 5.41) is 2.72. The van der Waals surface area contributed by atoms with Crippen LogP contribution in [-0.4, -0.2) is 10.9 Å². The van der Waals surface area contributed by atoms with E-state index in [2.05, 4.69) is 10.3 Å². The summed E-state index contributed by atoms with van der Waals surface area (Å²) in [6.07, 6.45) is 8.41. The number of nitrogens with zero attached hydrogens (tertiary/aromatic N) is 1. The molecule has 1 saturated carbocycles. The standard InChI is InChI=1S/C10H14N2O2/c13-10(8-4-2-1-3-5-8)12-9-6-11-7-14-9/h6-8H,1-5H2,(H,12,13). The molecule has 1 amide bonds. The lowest BCUT2D eigenvalue weighted by Gasteiger charge is -2.19. The number of anilines is 1. The highest BCUT2D eigenvalue weighted by Crippen LogP contribution is 2.24. The molecule has 2 rings (SSSR count). The molecule has 0 aliphatic heterocycles. The van der Waals surface area contributed by atoms with Crippen LogP contribution in [0.2, 0.25) is 0 Å². The lowest BCUT2D eigenvalue weighted by molar-refractivity contribution is -0.120. The van der Waals surface area contributed by atoms with E-state index in [0.29, 0.717) is 5.88 Å². The van der Waals surface area contributed by atoms with E-state index in [0.717, 1.165) is 25.7 Å². The molecule has 1 N–H and O–H groups in total. The number of carbonyl (C=O) groups is 1. The average Bonchev–Trinajstić information content (AvgIpc) is 2.72. The van der Waals surface area contributed by atoms with Gasteiger partial charge in [0.2, 0.25) is 11.8 Å². The maximum Gasteiger partial charge on any atom is 0.229 e. The first-order chi connectivity index (χ1) is 6.86. The van der Waals surface area contributed by atoms with Crippen LogP contribution in [0.1, 0.15) is 32.1 Å². The van der Waals surface area contributed by atoms with Crippen LogP contribution in [0.4, 0.5) is 5.88 Å². The second kappa shape index (κ2) is 4.26. The summed E-state index contributed by atoms with van der Waals surface area (Å²) < 4.78 is 4.95. The number of hydrogen-bond donors (Lipinski definition) is 1. The maximum absolute atomic E-state index is 11.7. The van der Waals surface area contributed by atoms with E-state index in [1.165, 1.54) is 19.0 Å². The Kier molecular flexibility index (Phi) is 2.81. The molecule has 0 spiro atoms. The van der Waals surface area contributed by atoms with Gasteiger partial charge in [0.25, 0.3) is 0 Å². The molecule has 0 atom stereocenters. The van der Waals surface area contributed by atoms with Crippen LogP contribution < -0.4 is 5.32 Å². The second-order valence-electron chi connectivity index (χ2n) is 3.69.